The van der Waals surface area contributed by atoms with Gasteiger partial charge in [-0.15, -0.1) is 0 Å². The van der Waals surface area contributed by atoms with E-state index in [1.165, 1.54) is 11.1 Å². The molecule has 21 heavy (non-hydrogen) atoms. The molecule has 3 nitrogen and oxygen atoms in total. The third kappa shape index (κ3) is 5.03. The first kappa shape index (κ1) is 15.8. The Kier molecular flexibility index (Phi) is 6.03. The summed E-state index contributed by atoms with van der Waals surface area (Å²) in [6, 6.07) is 12.9. The van der Waals surface area contributed by atoms with Gasteiger partial charge in [0.25, 0.3) is 0 Å². The molecule has 0 radical (unpaired) electrons. The lowest BCUT2D eigenvalue weighted by Crippen LogP contribution is -2.22. The summed E-state index contributed by atoms with van der Waals surface area (Å²) in [7, 11) is 0. The molecule has 0 spiro atoms. The minimum atomic E-state index is 0.773. The summed E-state index contributed by atoms with van der Waals surface area (Å²) in [5.41, 5.74) is 2.69. The van der Waals surface area contributed by atoms with Gasteiger partial charge in [0.2, 0.25) is 0 Å². The number of nitrogens with one attached hydrogen (secondary N) is 1. The first-order valence-corrected chi connectivity index (χ1v) is 7.77. The molecule has 1 heterocycles. The molecule has 0 saturated heterocycles. The average Bonchev–Trinajstić information content (AvgIpc) is 2.92. The highest BCUT2D eigenvalue weighted by molar-refractivity contribution is 5.22. The number of nitrogens with zero attached hydrogens (tertiary/aromatic N) is 1. The van der Waals surface area contributed by atoms with Crippen LogP contribution >= 0.6 is 0 Å². The van der Waals surface area contributed by atoms with Crippen LogP contribution in [-0.2, 0) is 19.6 Å². The Bertz CT molecular complexity index is 526. The molecule has 114 valence electrons. The number of rotatable bonds is 8. The van der Waals surface area contributed by atoms with Crippen molar-refractivity contribution in [2.75, 3.05) is 13.1 Å². The molecule has 0 unspecified atom stereocenters. The highest BCUT2D eigenvalue weighted by Crippen LogP contribution is 2.09. The minimum absolute atomic E-state index is 0.773. The number of aryl methyl sites for hydroxylation is 1. The van der Waals surface area contributed by atoms with E-state index in [2.05, 4.69) is 48.3 Å². The van der Waals surface area contributed by atoms with Crippen molar-refractivity contribution >= 4 is 0 Å². The van der Waals surface area contributed by atoms with Crippen molar-refractivity contribution < 1.29 is 4.42 Å². The zero-order chi connectivity index (χ0) is 15.1. The monoisotopic (exact) mass is 286 g/mol. The third-order valence-corrected chi connectivity index (χ3v) is 3.75. The summed E-state index contributed by atoms with van der Waals surface area (Å²) in [5.74, 6) is 1.96. The second kappa shape index (κ2) is 8.01. The Morgan fingerprint density at radius 2 is 1.57 bits per heavy atom. The molecule has 1 N–H and O–H groups in total. The number of furan rings is 1. The maximum Gasteiger partial charge on any atom is 0.117 e. The fourth-order valence-electron chi connectivity index (χ4n) is 2.38. The van der Waals surface area contributed by atoms with Gasteiger partial charge < -0.3 is 9.73 Å². The molecule has 0 aliphatic rings. The standard InChI is InChI=1S/C18H26N2O/c1-4-20(5-2)14-17-9-7-16(8-10-17)12-19-13-18-11-6-15(3)21-18/h6-11,19H,4-5,12-14H2,1-3H3. The smallest absolute Gasteiger partial charge is 0.117 e. The van der Waals surface area contributed by atoms with Crippen LogP contribution in [0.25, 0.3) is 0 Å². The second-order valence-corrected chi connectivity index (χ2v) is 5.39. The Hall–Kier alpha value is -1.58. The molecule has 1 aromatic heterocycles. The third-order valence-electron chi connectivity index (χ3n) is 3.75. The van der Waals surface area contributed by atoms with Gasteiger partial charge in [0.1, 0.15) is 11.5 Å². The molecule has 3 heteroatoms. The van der Waals surface area contributed by atoms with Crippen LogP contribution in [0, 0.1) is 6.92 Å². The predicted molar refractivity (Wildman–Crippen MR) is 87.1 cm³/mol. The van der Waals surface area contributed by atoms with Crippen LogP contribution in [-0.4, -0.2) is 18.0 Å². The topological polar surface area (TPSA) is 28.4 Å². The van der Waals surface area contributed by atoms with E-state index >= 15 is 0 Å². The molecule has 0 fully saturated rings. The number of benzene rings is 1. The van der Waals surface area contributed by atoms with Crippen LogP contribution in [0.1, 0.15) is 36.5 Å². The van der Waals surface area contributed by atoms with E-state index in [0.717, 1.165) is 44.2 Å². The Balaban J connectivity index is 1.79. The van der Waals surface area contributed by atoms with Crippen LogP contribution in [0.4, 0.5) is 0 Å². The summed E-state index contributed by atoms with van der Waals surface area (Å²) < 4.78 is 5.54. The maximum atomic E-state index is 5.54. The largest absolute Gasteiger partial charge is 0.465 e. The van der Waals surface area contributed by atoms with Gasteiger partial charge in [0.05, 0.1) is 6.54 Å². The average molecular weight is 286 g/mol. The van der Waals surface area contributed by atoms with Gasteiger partial charge in [0.15, 0.2) is 0 Å². The van der Waals surface area contributed by atoms with Crippen molar-refractivity contribution in [3.8, 4) is 0 Å². The van der Waals surface area contributed by atoms with Crippen LogP contribution in [0.2, 0.25) is 0 Å². The number of hydrogen-bond donors (Lipinski definition) is 1. The lowest BCUT2D eigenvalue weighted by atomic mass is 10.1. The maximum absolute atomic E-state index is 5.54. The van der Waals surface area contributed by atoms with E-state index in [1.54, 1.807) is 0 Å². The van der Waals surface area contributed by atoms with Crippen molar-refractivity contribution in [3.05, 3.63) is 59.0 Å². The Morgan fingerprint density at radius 3 is 2.14 bits per heavy atom. The fourth-order valence-corrected chi connectivity index (χ4v) is 2.38. The van der Waals surface area contributed by atoms with Gasteiger partial charge in [-0.05, 0) is 43.3 Å². The zero-order valence-electron chi connectivity index (χ0n) is 13.4. The fraction of sp³-hybridized carbons (Fsp3) is 0.444. The molecule has 0 bridgehead atoms. The second-order valence-electron chi connectivity index (χ2n) is 5.39. The van der Waals surface area contributed by atoms with Crippen LogP contribution in [0.5, 0.6) is 0 Å². The van der Waals surface area contributed by atoms with Crippen molar-refractivity contribution in [1.82, 2.24) is 10.2 Å². The van der Waals surface area contributed by atoms with Gasteiger partial charge >= 0.3 is 0 Å². The summed E-state index contributed by atoms with van der Waals surface area (Å²) in [5, 5.41) is 3.41. The van der Waals surface area contributed by atoms with Gasteiger partial charge in [-0.1, -0.05) is 38.1 Å². The van der Waals surface area contributed by atoms with Crippen molar-refractivity contribution in [3.63, 3.8) is 0 Å². The van der Waals surface area contributed by atoms with E-state index in [0.29, 0.717) is 0 Å². The summed E-state index contributed by atoms with van der Waals surface area (Å²) >= 11 is 0. The van der Waals surface area contributed by atoms with E-state index < -0.39 is 0 Å². The van der Waals surface area contributed by atoms with Crippen molar-refractivity contribution in [2.24, 2.45) is 0 Å². The highest BCUT2D eigenvalue weighted by atomic mass is 16.3. The molecular formula is C18H26N2O. The molecule has 0 aliphatic carbocycles. The normalized spacial score (nSPS) is 11.2. The quantitative estimate of drug-likeness (QED) is 0.801. The van der Waals surface area contributed by atoms with E-state index in [4.69, 9.17) is 4.42 Å². The SMILES string of the molecule is CCN(CC)Cc1ccc(CNCc2ccc(C)o2)cc1. The molecule has 0 atom stereocenters. The Morgan fingerprint density at radius 1 is 0.905 bits per heavy atom. The van der Waals surface area contributed by atoms with Gasteiger partial charge in [0, 0.05) is 13.1 Å². The first-order chi connectivity index (χ1) is 10.2. The minimum Gasteiger partial charge on any atom is -0.465 e. The van der Waals surface area contributed by atoms with Crippen molar-refractivity contribution in [2.45, 2.75) is 40.4 Å². The molecule has 2 rings (SSSR count). The highest BCUT2D eigenvalue weighted by Gasteiger charge is 2.02. The summed E-state index contributed by atoms with van der Waals surface area (Å²) in [4.78, 5) is 2.42. The van der Waals surface area contributed by atoms with Gasteiger partial charge in [-0.3, -0.25) is 4.90 Å². The van der Waals surface area contributed by atoms with E-state index in [-0.39, 0.29) is 0 Å². The molecule has 0 aliphatic heterocycles. The van der Waals surface area contributed by atoms with E-state index in [9.17, 15) is 0 Å². The molecular weight excluding hydrogens is 260 g/mol. The van der Waals surface area contributed by atoms with Crippen LogP contribution in [0.15, 0.2) is 40.8 Å². The molecule has 1 aromatic carbocycles. The van der Waals surface area contributed by atoms with Crippen molar-refractivity contribution in [1.29, 1.82) is 0 Å². The predicted octanol–water partition coefficient (Wildman–Crippen LogP) is 3.72. The summed E-state index contributed by atoms with van der Waals surface area (Å²) in [6.07, 6.45) is 0. The summed E-state index contributed by atoms with van der Waals surface area (Å²) in [6.45, 7) is 11.3. The van der Waals surface area contributed by atoms with E-state index in [1.807, 2.05) is 19.1 Å². The molecule has 0 amide bonds. The Labute approximate surface area is 128 Å². The van der Waals surface area contributed by atoms with Gasteiger partial charge in [-0.2, -0.15) is 0 Å². The van der Waals surface area contributed by atoms with Crippen LogP contribution in [0.3, 0.4) is 0 Å². The first-order valence-electron chi connectivity index (χ1n) is 7.77. The molecule has 2 aromatic rings. The zero-order valence-corrected chi connectivity index (χ0v) is 13.4. The lowest BCUT2D eigenvalue weighted by molar-refractivity contribution is 0.296. The lowest BCUT2D eigenvalue weighted by Gasteiger charge is -2.18. The van der Waals surface area contributed by atoms with Crippen LogP contribution < -0.4 is 5.32 Å². The number of hydrogen-bond acceptors (Lipinski definition) is 3. The van der Waals surface area contributed by atoms with Gasteiger partial charge in [-0.25, -0.2) is 0 Å². The molecule has 0 saturated carbocycles.